The molecule has 0 aliphatic heterocycles. The zero-order valence-electron chi connectivity index (χ0n) is 13.9. The fourth-order valence-corrected chi connectivity index (χ4v) is 2.41. The number of benzene rings is 2. The predicted octanol–water partition coefficient (Wildman–Crippen LogP) is 4.68. The molecule has 0 radical (unpaired) electrons. The van der Waals surface area contributed by atoms with Gasteiger partial charge in [0.15, 0.2) is 0 Å². The van der Waals surface area contributed by atoms with Crippen molar-refractivity contribution in [2.75, 3.05) is 19.7 Å². The van der Waals surface area contributed by atoms with Crippen molar-refractivity contribution in [3.05, 3.63) is 54.1 Å². The van der Waals surface area contributed by atoms with Crippen LogP contribution in [0.2, 0.25) is 0 Å². The highest BCUT2D eigenvalue weighted by atomic mass is 16.5. The van der Waals surface area contributed by atoms with Crippen LogP contribution in [0.1, 0.15) is 25.8 Å². The van der Waals surface area contributed by atoms with Crippen molar-refractivity contribution in [3.8, 4) is 16.9 Å². The van der Waals surface area contributed by atoms with Gasteiger partial charge in [-0.05, 0) is 54.6 Å². The fraction of sp³-hybridized carbons (Fsp3) is 0.400. The molecule has 0 saturated carbocycles. The van der Waals surface area contributed by atoms with Crippen molar-refractivity contribution >= 4 is 0 Å². The summed E-state index contributed by atoms with van der Waals surface area (Å²) in [5.41, 5.74) is 3.77. The van der Waals surface area contributed by atoms with Crippen LogP contribution in [0.15, 0.2) is 48.5 Å². The highest BCUT2D eigenvalue weighted by molar-refractivity contribution is 5.68. The summed E-state index contributed by atoms with van der Waals surface area (Å²) in [6.07, 6.45) is 1.21. The van der Waals surface area contributed by atoms with E-state index in [0.717, 1.165) is 24.8 Å². The Bertz CT molecular complexity index is 577. The average Bonchev–Trinajstić information content (AvgIpc) is 2.51. The molecule has 0 aromatic heterocycles. The molecule has 2 heteroatoms. The highest BCUT2D eigenvalue weighted by Crippen LogP contribution is 2.26. The minimum absolute atomic E-state index is 0.704. The van der Waals surface area contributed by atoms with Crippen molar-refractivity contribution in [1.29, 1.82) is 0 Å². The minimum Gasteiger partial charge on any atom is -0.492 e. The summed E-state index contributed by atoms with van der Waals surface area (Å²) in [4.78, 5) is 0. The van der Waals surface area contributed by atoms with Crippen LogP contribution in [0.4, 0.5) is 0 Å². The number of nitrogens with one attached hydrogen (secondary N) is 1. The predicted molar refractivity (Wildman–Crippen MR) is 94.4 cm³/mol. The van der Waals surface area contributed by atoms with E-state index < -0.39 is 0 Å². The molecule has 0 bridgehead atoms. The third-order valence-electron chi connectivity index (χ3n) is 3.74. The van der Waals surface area contributed by atoms with Gasteiger partial charge < -0.3 is 10.1 Å². The monoisotopic (exact) mass is 297 g/mol. The zero-order chi connectivity index (χ0) is 15.8. The van der Waals surface area contributed by atoms with Gasteiger partial charge in [0.2, 0.25) is 0 Å². The molecule has 2 aromatic rings. The first kappa shape index (κ1) is 16.6. The Balaban J connectivity index is 1.86. The third-order valence-corrected chi connectivity index (χ3v) is 3.74. The summed E-state index contributed by atoms with van der Waals surface area (Å²) in [6.45, 7) is 9.28. The molecule has 118 valence electrons. The Morgan fingerprint density at radius 1 is 1.00 bits per heavy atom. The highest BCUT2D eigenvalue weighted by Gasteiger charge is 2.02. The molecule has 0 atom stereocenters. The van der Waals surface area contributed by atoms with Crippen LogP contribution in [0.25, 0.3) is 11.1 Å². The van der Waals surface area contributed by atoms with E-state index in [0.29, 0.717) is 6.61 Å². The quantitative estimate of drug-likeness (QED) is 0.715. The van der Waals surface area contributed by atoms with Crippen LogP contribution in [-0.2, 0) is 0 Å². The Morgan fingerprint density at radius 3 is 2.59 bits per heavy atom. The lowest BCUT2D eigenvalue weighted by molar-refractivity contribution is 0.312. The number of hydrogen-bond donors (Lipinski definition) is 1. The Labute approximate surface area is 134 Å². The largest absolute Gasteiger partial charge is 0.492 e. The van der Waals surface area contributed by atoms with Gasteiger partial charge in [0, 0.05) is 6.54 Å². The summed E-state index contributed by atoms with van der Waals surface area (Å²) in [5.74, 6) is 1.69. The Kier molecular flexibility index (Phi) is 6.47. The van der Waals surface area contributed by atoms with E-state index >= 15 is 0 Å². The van der Waals surface area contributed by atoms with E-state index in [1.165, 1.54) is 23.1 Å². The van der Waals surface area contributed by atoms with Gasteiger partial charge in [-0.3, -0.25) is 0 Å². The molecule has 2 nitrogen and oxygen atoms in total. The lowest BCUT2D eigenvalue weighted by Gasteiger charge is -2.11. The van der Waals surface area contributed by atoms with Crippen LogP contribution >= 0.6 is 0 Å². The van der Waals surface area contributed by atoms with E-state index in [1.807, 2.05) is 6.07 Å². The van der Waals surface area contributed by atoms with Gasteiger partial charge in [-0.1, -0.05) is 50.2 Å². The summed E-state index contributed by atoms with van der Waals surface area (Å²) < 4.78 is 5.85. The van der Waals surface area contributed by atoms with E-state index in [1.54, 1.807) is 0 Å². The normalized spacial score (nSPS) is 10.9. The molecule has 1 N–H and O–H groups in total. The van der Waals surface area contributed by atoms with Crippen molar-refractivity contribution in [1.82, 2.24) is 5.32 Å². The molecular formula is C20H27NO. The van der Waals surface area contributed by atoms with Crippen LogP contribution < -0.4 is 10.1 Å². The van der Waals surface area contributed by atoms with E-state index in [4.69, 9.17) is 4.74 Å². The molecule has 2 aromatic carbocycles. The van der Waals surface area contributed by atoms with Crippen LogP contribution in [0.5, 0.6) is 5.75 Å². The molecule has 0 aliphatic rings. The molecule has 0 aliphatic carbocycles. The summed E-state index contributed by atoms with van der Waals surface area (Å²) >= 11 is 0. The van der Waals surface area contributed by atoms with E-state index in [2.05, 4.69) is 68.6 Å². The lowest BCUT2D eigenvalue weighted by atomic mass is 10.0. The van der Waals surface area contributed by atoms with Gasteiger partial charge in [0.05, 0.1) is 0 Å². The standard InChI is InChI=1S/C20H27NO/c1-16(2)11-12-21-13-14-22-19-9-6-8-18(15-19)20-10-5-4-7-17(20)3/h4-10,15-16,21H,11-14H2,1-3H3. The van der Waals surface area contributed by atoms with Gasteiger partial charge >= 0.3 is 0 Å². The van der Waals surface area contributed by atoms with Crippen molar-refractivity contribution in [2.45, 2.75) is 27.2 Å². The molecule has 0 amide bonds. The number of ether oxygens (including phenoxy) is 1. The summed E-state index contributed by atoms with van der Waals surface area (Å²) in [5, 5.41) is 3.42. The number of hydrogen-bond acceptors (Lipinski definition) is 2. The van der Waals surface area contributed by atoms with Crippen LogP contribution in [-0.4, -0.2) is 19.7 Å². The molecule has 0 heterocycles. The van der Waals surface area contributed by atoms with Crippen LogP contribution in [0, 0.1) is 12.8 Å². The SMILES string of the molecule is Cc1ccccc1-c1cccc(OCCNCCC(C)C)c1. The maximum atomic E-state index is 5.85. The molecule has 2 rings (SSSR count). The molecule has 0 fully saturated rings. The second kappa shape index (κ2) is 8.60. The van der Waals surface area contributed by atoms with Gasteiger partial charge in [-0.15, -0.1) is 0 Å². The smallest absolute Gasteiger partial charge is 0.119 e. The van der Waals surface area contributed by atoms with Gasteiger partial charge in [0.25, 0.3) is 0 Å². The second-order valence-electron chi connectivity index (χ2n) is 6.12. The second-order valence-corrected chi connectivity index (χ2v) is 6.12. The van der Waals surface area contributed by atoms with E-state index in [9.17, 15) is 0 Å². The topological polar surface area (TPSA) is 21.3 Å². The summed E-state index contributed by atoms with van der Waals surface area (Å²) in [7, 11) is 0. The van der Waals surface area contributed by atoms with Crippen molar-refractivity contribution in [2.24, 2.45) is 5.92 Å². The number of rotatable bonds is 8. The molecule has 0 unspecified atom stereocenters. The van der Waals surface area contributed by atoms with Gasteiger partial charge in [-0.25, -0.2) is 0 Å². The first-order chi connectivity index (χ1) is 10.7. The maximum absolute atomic E-state index is 5.85. The van der Waals surface area contributed by atoms with Crippen LogP contribution in [0.3, 0.4) is 0 Å². The molecule has 0 saturated heterocycles. The summed E-state index contributed by atoms with van der Waals surface area (Å²) in [6, 6.07) is 16.8. The first-order valence-electron chi connectivity index (χ1n) is 8.16. The Hall–Kier alpha value is -1.80. The zero-order valence-corrected chi connectivity index (χ0v) is 13.9. The minimum atomic E-state index is 0.704. The Morgan fingerprint density at radius 2 is 1.82 bits per heavy atom. The fourth-order valence-electron chi connectivity index (χ4n) is 2.41. The lowest BCUT2D eigenvalue weighted by Crippen LogP contribution is -2.23. The third kappa shape index (κ3) is 5.19. The van der Waals surface area contributed by atoms with Gasteiger partial charge in [0.1, 0.15) is 12.4 Å². The van der Waals surface area contributed by atoms with Crippen molar-refractivity contribution in [3.63, 3.8) is 0 Å². The molecule has 0 spiro atoms. The number of aryl methyl sites for hydroxylation is 1. The maximum Gasteiger partial charge on any atom is 0.119 e. The van der Waals surface area contributed by atoms with Gasteiger partial charge in [-0.2, -0.15) is 0 Å². The van der Waals surface area contributed by atoms with E-state index in [-0.39, 0.29) is 0 Å². The molecular weight excluding hydrogens is 270 g/mol. The molecule has 22 heavy (non-hydrogen) atoms. The first-order valence-corrected chi connectivity index (χ1v) is 8.16. The van der Waals surface area contributed by atoms with Crippen molar-refractivity contribution < 1.29 is 4.74 Å². The average molecular weight is 297 g/mol.